The molecule has 37 heavy (non-hydrogen) atoms. The highest BCUT2D eigenvalue weighted by atomic mass is 19.4. The van der Waals surface area contributed by atoms with Crippen LogP contribution in [0.15, 0.2) is 48.7 Å². The van der Waals surface area contributed by atoms with E-state index < -0.39 is 35.8 Å². The number of carbonyl (C=O) groups is 1. The lowest BCUT2D eigenvalue weighted by Gasteiger charge is -2.24. The molecule has 0 bridgehead atoms. The van der Waals surface area contributed by atoms with E-state index in [0.717, 1.165) is 23.4 Å². The highest BCUT2D eigenvalue weighted by Crippen LogP contribution is 2.41. The normalized spacial score (nSPS) is 17.9. The summed E-state index contributed by atoms with van der Waals surface area (Å²) >= 11 is 0. The van der Waals surface area contributed by atoms with Crippen LogP contribution in [-0.2, 0) is 17.5 Å². The first-order chi connectivity index (χ1) is 17.4. The Balaban J connectivity index is 1.80. The molecule has 196 valence electrons. The zero-order chi connectivity index (χ0) is 27.1. The molecule has 1 unspecified atom stereocenters. The van der Waals surface area contributed by atoms with E-state index in [1.165, 1.54) is 24.1 Å². The fourth-order valence-corrected chi connectivity index (χ4v) is 4.64. The number of pyridine rings is 1. The Morgan fingerprint density at radius 1 is 1.11 bits per heavy atom. The molecule has 2 aromatic carbocycles. The number of halogens is 4. The molecule has 0 radical (unpaired) electrons. The number of amides is 1. The van der Waals surface area contributed by atoms with Crippen LogP contribution in [0.4, 0.5) is 22.4 Å². The standard InChI is InChI=1S/C28H28F4N2O3/c1-15(2)22-12-23(25(36-5)13-24(22)29)21-7-6-20(28(30,31)32)11-19(21)14-34-17(4)26(37-27(34)35)18-8-9-33-16(3)10-18/h6-13,15,17,26H,14H2,1-5H3/t17-,26?/m0/s1. The van der Waals surface area contributed by atoms with E-state index in [4.69, 9.17) is 9.47 Å². The molecule has 1 aliphatic heterocycles. The first-order valence-corrected chi connectivity index (χ1v) is 11.9. The van der Waals surface area contributed by atoms with Gasteiger partial charge < -0.3 is 9.47 Å². The van der Waals surface area contributed by atoms with E-state index in [1.54, 1.807) is 25.3 Å². The number of aromatic nitrogens is 1. The summed E-state index contributed by atoms with van der Waals surface area (Å²) in [5.41, 5.74) is 2.16. The molecule has 1 fully saturated rings. The molecule has 0 saturated carbocycles. The van der Waals surface area contributed by atoms with Gasteiger partial charge in [-0.1, -0.05) is 19.9 Å². The van der Waals surface area contributed by atoms with Crippen molar-refractivity contribution in [2.45, 2.75) is 58.5 Å². The molecular weight excluding hydrogens is 488 g/mol. The lowest BCUT2D eigenvalue weighted by atomic mass is 9.92. The van der Waals surface area contributed by atoms with Crippen molar-refractivity contribution < 1.29 is 31.8 Å². The summed E-state index contributed by atoms with van der Waals surface area (Å²) in [6, 6.07) is 9.27. The van der Waals surface area contributed by atoms with Gasteiger partial charge in [0.05, 0.1) is 25.3 Å². The quantitative estimate of drug-likeness (QED) is 0.320. The predicted molar refractivity (Wildman–Crippen MR) is 131 cm³/mol. The Kier molecular flexibility index (Phi) is 7.17. The van der Waals surface area contributed by atoms with Gasteiger partial charge in [-0.15, -0.1) is 0 Å². The van der Waals surface area contributed by atoms with Gasteiger partial charge in [0, 0.05) is 23.5 Å². The number of cyclic esters (lactones) is 1. The maximum atomic E-state index is 14.7. The molecule has 3 aromatic rings. The summed E-state index contributed by atoms with van der Waals surface area (Å²) in [6.45, 7) is 7.11. The summed E-state index contributed by atoms with van der Waals surface area (Å²) < 4.78 is 66.7. The van der Waals surface area contributed by atoms with E-state index in [0.29, 0.717) is 16.7 Å². The molecule has 5 nitrogen and oxygen atoms in total. The second-order valence-corrected chi connectivity index (χ2v) is 9.50. The third-order valence-corrected chi connectivity index (χ3v) is 6.65. The van der Waals surface area contributed by atoms with Gasteiger partial charge in [-0.2, -0.15) is 13.2 Å². The maximum Gasteiger partial charge on any atom is 0.416 e. The molecule has 1 aromatic heterocycles. The van der Waals surface area contributed by atoms with Gasteiger partial charge in [-0.3, -0.25) is 9.88 Å². The minimum atomic E-state index is -4.59. The van der Waals surface area contributed by atoms with E-state index in [-0.39, 0.29) is 23.8 Å². The van der Waals surface area contributed by atoms with E-state index in [1.807, 2.05) is 26.8 Å². The second-order valence-electron chi connectivity index (χ2n) is 9.50. The van der Waals surface area contributed by atoms with Crippen molar-refractivity contribution in [2.24, 2.45) is 0 Å². The Bertz CT molecular complexity index is 1320. The highest BCUT2D eigenvalue weighted by Gasteiger charge is 2.40. The number of hydrogen-bond donors (Lipinski definition) is 0. The zero-order valence-electron chi connectivity index (χ0n) is 21.2. The van der Waals surface area contributed by atoms with Crippen molar-refractivity contribution in [1.29, 1.82) is 0 Å². The van der Waals surface area contributed by atoms with Crippen LogP contribution in [0.3, 0.4) is 0 Å². The van der Waals surface area contributed by atoms with Crippen LogP contribution >= 0.6 is 0 Å². The van der Waals surface area contributed by atoms with Crippen LogP contribution in [0, 0.1) is 12.7 Å². The Labute approximate surface area is 213 Å². The van der Waals surface area contributed by atoms with Gasteiger partial charge in [0.25, 0.3) is 0 Å². The number of carbonyl (C=O) groups excluding carboxylic acids is 1. The number of ether oxygens (including phenoxy) is 2. The Morgan fingerprint density at radius 3 is 2.46 bits per heavy atom. The van der Waals surface area contributed by atoms with Crippen molar-refractivity contribution in [1.82, 2.24) is 9.88 Å². The van der Waals surface area contributed by atoms with Crippen molar-refractivity contribution in [3.8, 4) is 16.9 Å². The van der Waals surface area contributed by atoms with Gasteiger partial charge in [0.1, 0.15) is 17.7 Å². The smallest absolute Gasteiger partial charge is 0.416 e. The molecule has 1 aliphatic rings. The summed E-state index contributed by atoms with van der Waals surface area (Å²) in [5, 5.41) is 0. The van der Waals surface area contributed by atoms with Crippen LogP contribution in [0.25, 0.3) is 11.1 Å². The predicted octanol–water partition coefficient (Wildman–Crippen LogP) is 7.43. The Morgan fingerprint density at radius 2 is 1.84 bits per heavy atom. The van der Waals surface area contributed by atoms with Crippen LogP contribution < -0.4 is 4.74 Å². The number of hydrogen-bond acceptors (Lipinski definition) is 4. The van der Waals surface area contributed by atoms with Crippen LogP contribution in [-0.4, -0.2) is 29.1 Å². The fourth-order valence-electron chi connectivity index (χ4n) is 4.64. The number of alkyl halides is 3. The number of nitrogens with zero attached hydrogens (tertiary/aromatic N) is 2. The average molecular weight is 517 g/mol. The largest absolute Gasteiger partial charge is 0.496 e. The second kappa shape index (κ2) is 10.0. The van der Waals surface area contributed by atoms with Crippen molar-refractivity contribution >= 4 is 6.09 Å². The third kappa shape index (κ3) is 5.26. The van der Waals surface area contributed by atoms with Gasteiger partial charge in [0.2, 0.25) is 0 Å². The summed E-state index contributed by atoms with van der Waals surface area (Å²) in [7, 11) is 1.37. The number of benzene rings is 2. The number of rotatable bonds is 6. The number of methoxy groups -OCH3 is 1. The summed E-state index contributed by atoms with van der Waals surface area (Å²) in [4.78, 5) is 18.5. The minimum Gasteiger partial charge on any atom is -0.496 e. The average Bonchev–Trinajstić information content (AvgIpc) is 3.11. The first kappa shape index (κ1) is 26.4. The lowest BCUT2D eigenvalue weighted by Crippen LogP contribution is -2.31. The summed E-state index contributed by atoms with van der Waals surface area (Å²) in [5.74, 6) is -0.443. The lowest BCUT2D eigenvalue weighted by molar-refractivity contribution is -0.137. The molecule has 2 atom stereocenters. The molecule has 0 spiro atoms. The van der Waals surface area contributed by atoms with Gasteiger partial charge >= 0.3 is 12.3 Å². The molecule has 9 heteroatoms. The monoisotopic (exact) mass is 516 g/mol. The fraction of sp³-hybridized carbons (Fsp3) is 0.357. The maximum absolute atomic E-state index is 14.7. The Hall–Kier alpha value is -3.62. The van der Waals surface area contributed by atoms with Crippen molar-refractivity contribution in [3.63, 3.8) is 0 Å². The van der Waals surface area contributed by atoms with Crippen molar-refractivity contribution in [2.75, 3.05) is 7.11 Å². The minimum absolute atomic E-state index is 0.142. The van der Waals surface area contributed by atoms with E-state index in [9.17, 15) is 22.4 Å². The van der Waals surface area contributed by atoms with E-state index in [2.05, 4.69) is 4.98 Å². The molecule has 0 aliphatic carbocycles. The first-order valence-electron chi connectivity index (χ1n) is 11.9. The molecular formula is C28H28F4N2O3. The topological polar surface area (TPSA) is 51.7 Å². The molecule has 4 rings (SSSR count). The molecule has 2 heterocycles. The highest BCUT2D eigenvalue weighted by molar-refractivity contribution is 5.76. The molecule has 1 amide bonds. The third-order valence-electron chi connectivity index (χ3n) is 6.65. The van der Waals surface area contributed by atoms with Crippen molar-refractivity contribution in [3.05, 3.63) is 82.4 Å². The molecule has 0 N–H and O–H groups in total. The zero-order valence-corrected chi connectivity index (χ0v) is 21.2. The van der Waals surface area contributed by atoms with E-state index >= 15 is 0 Å². The van der Waals surface area contributed by atoms with Crippen LogP contribution in [0.5, 0.6) is 5.75 Å². The van der Waals surface area contributed by atoms with Gasteiger partial charge in [-0.25, -0.2) is 9.18 Å². The molecule has 1 saturated heterocycles. The summed E-state index contributed by atoms with van der Waals surface area (Å²) in [6.07, 6.45) is -4.20. The SMILES string of the molecule is COc1cc(F)c(C(C)C)cc1-c1ccc(C(F)(F)F)cc1CN1C(=O)OC(c2ccnc(C)c2)[C@@H]1C. The number of aryl methyl sites for hydroxylation is 1. The van der Waals surface area contributed by atoms with Gasteiger partial charge in [-0.05, 0) is 72.4 Å². The van der Waals surface area contributed by atoms with Crippen LogP contribution in [0.1, 0.15) is 60.7 Å². The van der Waals surface area contributed by atoms with Crippen LogP contribution in [0.2, 0.25) is 0 Å². The van der Waals surface area contributed by atoms with Gasteiger partial charge in [0.15, 0.2) is 0 Å².